The highest BCUT2D eigenvalue weighted by molar-refractivity contribution is 8.00. The highest BCUT2D eigenvalue weighted by Crippen LogP contribution is 2.34. The molecule has 27 nitrogen and oxygen atoms in total. The molecule has 5 aromatic rings. The Kier molecular flexibility index (Phi) is 18.9. The van der Waals surface area contributed by atoms with Crippen LogP contribution >= 0.6 is 11.8 Å². The van der Waals surface area contributed by atoms with E-state index in [1.807, 2.05) is 6.92 Å². The molecular formula is C51H62N14O13S. The lowest BCUT2D eigenvalue weighted by Gasteiger charge is -2.39. The van der Waals surface area contributed by atoms with Crippen molar-refractivity contribution in [3.05, 3.63) is 76.7 Å². The fourth-order valence-corrected chi connectivity index (χ4v) is 9.72. The number of oxazole rings is 1. The first-order chi connectivity index (χ1) is 37.7. The molecule has 2 saturated heterocycles. The second-order valence-corrected chi connectivity index (χ2v) is 19.5. The van der Waals surface area contributed by atoms with Crippen LogP contribution in [0.25, 0.3) is 22.1 Å². The van der Waals surface area contributed by atoms with Gasteiger partial charge in [0.15, 0.2) is 5.89 Å². The van der Waals surface area contributed by atoms with Gasteiger partial charge >= 0.3 is 5.97 Å². The van der Waals surface area contributed by atoms with Crippen molar-refractivity contribution in [1.82, 2.24) is 33.9 Å². The molecule has 3 aromatic heterocycles. The van der Waals surface area contributed by atoms with E-state index in [9.17, 15) is 38.4 Å². The first-order valence-electron chi connectivity index (χ1n) is 25.1. The van der Waals surface area contributed by atoms with E-state index in [1.165, 1.54) is 37.5 Å². The van der Waals surface area contributed by atoms with Crippen LogP contribution in [0.1, 0.15) is 82.9 Å². The van der Waals surface area contributed by atoms with Gasteiger partial charge in [-0.2, -0.15) is 0 Å². The molecule has 2 aromatic carbocycles. The molecule has 0 radical (unpaired) electrons. The maximum Gasteiger partial charge on any atom is 0.321 e. The summed E-state index contributed by atoms with van der Waals surface area (Å²) in [6.07, 6.45) is 5.26. The number of benzene rings is 2. The molecule has 0 spiro atoms. The summed E-state index contributed by atoms with van der Waals surface area (Å²) in [5.41, 5.74) is 25.2. The summed E-state index contributed by atoms with van der Waals surface area (Å²) in [6.45, 7) is 8.02. The SMILES string of the molecule is CCN=C(/C=C(/C)N)C(=O)Nc1nc2cc(C(N)=O)cc(OC)c2n1C/C=C/Cn1c(NC(=O)c2oc(C)nc2CC)nc2cc(C(N)=O)cc(OCCCOC3CN(C(=O)CCN4C(=O)CC(SCC(N)C(=O)O)C4=O)C3)c21. The number of likely N-dealkylation sites (tertiary alicyclic amines) is 2. The minimum absolute atomic E-state index is 0.0109. The number of allylic oxidation sites excluding steroid dienone is 3. The van der Waals surface area contributed by atoms with Gasteiger partial charge in [0.2, 0.25) is 47.2 Å². The number of carboxylic acids is 1. The van der Waals surface area contributed by atoms with Crippen molar-refractivity contribution in [3.8, 4) is 11.5 Å². The molecule has 7 rings (SSSR count). The molecule has 5 heterocycles. The summed E-state index contributed by atoms with van der Waals surface area (Å²) >= 11 is 1.01. The van der Waals surface area contributed by atoms with Gasteiger partial charge in [-0.1, -0.05) is 19.1 Å². The van der Waals surface area contributed by atoms with Crippen molar-refractivity contribution in [2.75, 3.05) is 62.9 Å². The third-order valence-electron chi connectivity index (χ3n) is 12.5. The molecule has 2 aliphatic heterocycles. The number of imide groups is 1. The molecule has 2 atom stereocenters. The molecule has 7 amide bonds. The molecule has 420 valence electrons. The van der Waals surface area contributed by atoms with Crippen LogP contribution < -0.4 is 43.0 Å². The topological polar surface area (TPSA) is 393 Å². The summed E-state index contributed by atoms with van der Waals surface area (Å²) < 4.78 is 27.0. The highest BCUT2D eigenvalue weighted by Gasteiger charge is 2.40. The number of rotatable bonds is 27. The lowest BCUT2D eigenvalue weighted by atomic mass is 10.1. The predicted molar refractivity (Wildman–Crippen MR) is 290 cm³/mol. The molecule has 79 heavy (non-hydrogen) atoms. The lowest BCUT2D eigenvalue weighted by molar-refractivity contribution is -0.146. The number of thioether (sulfide) groups is 1. The van der Waals surface area contributed by atoms with Crippen LogP contribution in [0, 0.1) is 6.92 Å². The average molecular weight is 1110 g/mol. The Balaban J connectivity index is 1.07. The maximum atomic E-state index is 13.9. The molecule has 2 fully saturated rings. The summed E-state index contributed by atoms with van der Waals surface area (Å²) in [5, 5.41) is 13.9. The number of nitrogens with one attached hydrogen (secondary N) is 2. The molecule has 0 saturated carbocycles. The van der Waals surface area contributed by atoms with Crippen molar-refractivity contribution < 1.29 is 62.1 Å². The van der Waals surface area contributed by atoms with Crippen LogP contribution in [0.4, 0.5) is 11.9 Å². The van der Waals surface area contributed by atoms with Crippen LogP contribution in [-0.2, 0) is 48.2 Å². The van der Waals surface area contributed by atoms with E-state index in [0.717, 1.165) is 16.7 Å². The van der Waals surface area contributed by atoms with Gasteiger partial charge in [0.1, 0.15) is 34.3 Å². The molecular weight excluding hydrogens is 1050 g/mol. The summed E-state index contributed by atoms with van der Waals surface area (Å²) in [4.78, 5) is 122. The first-order valence-corrected chi connectivity index (χ1v) is 26.2. The lowest BCUT2D eigenvalue weighted by Crippen LogP contribution is -2.55. The predicted octanol–water partition coefficient (Wildman–Crippen LogP) is 1.88. The Morgan fingerprint density at radius 2 is 1.53 bits per heavy atom. The van der Waals surface area contributed by atoms with E-state index in [1.54, 1.807) is 47.0 Å². The number of aliphatic imine (C=N–C) groups is 1. The Morgan fingerprint density at radius 3 is 2.11 bits per heavy atom. The number of aryl methyl sites for hydroxylation is 2. The van der Waals surface area contributed by atoms with Crippen LogP contribution in [0.15, 0.2) is 57.6 Å². The van der Waals surface area contributed by atoms with E-state index >= 15 is 0 Å². The van der Waals surface area contributed by atoms with Crippen LogP contribution in [0.5, 0.6) is 11.5 Å². The van der Waals surface area contributed by atoms with Crippen LogP contribution in [0.2, 0.25) is 0 Å². The van der Waals surface area contributed by atoms with Gasteiger partial charge in [-0.3, -0.25) is 58.9 Å². The Labute approximate surface area is 456 Å². The smallest absolute Gasteiger partial charge is 0.321 e. The van der Waals surface area contributed by atoms with Crippen LogP contribution in [0.3, 0.4) is 0 Å². The van der Waals surface area contributed by atoms with E-state index in [2.05, 4.69) is 25.6 Å². The van der Waals surface area contributed by atoms with Gasteiger partial charge in [-0.05, 0) is 50.6 Å². The number of primary amides is 2. The zero-order chi connectivity index (χ0) is 57.2. The van der Waals surface area contributed by atoms with Crippen molar-refractivity contribution in [2.24, 2.45) is 27.9 Å². The summed E-state index contributed by atoms with van der Waals surface area (Å²) in [5.74, 6) is -4.29. The van der Waals surface area contributed by atoms with Crippen LogP contribution in [-0.4, -0.2) is 162 Å². The quantitative estimate of drug-likeness (QED) is 0.0171. The Morgan fingerprint density at radius 1 is 0.911 bits per heavy atom. The number of fused-ring (bicyclic) bond motifs is 2. The maximum absolute atomic E-state index is 13.9. The van der Waals surface area contributed by atoms with E-state index in [-0.39, 0.29) is 126 Å². The monoisotopic (exact) mass is 1110 g/mol. The number of amides is 7. The molecule has 11 N–H and O–H groups in total. The molecule has 28 heteroatoms. The van der Waals surface area contributed by atoms with Crippen molar-refractivity contribution in [2.45, 2.75) is 83.9 Å². The number of carbonyl (C=O) groups is 8. The first kappa shape index (κ1) is 58.1. The van der Waals surface area contributed by atoms with E-state index in [0.29, 0.717) is 54.9 Å². The Hall–Kier alpha value is -8.63. The molecule has 2 unspecified atom stereocenters. The highest BCUT2D eigenvalue weighted by atomic mass is 32.2. The van der Waals surface area contributed by atoms with Gasteiger partial charge in [0.25, 0.3) is 11.8 Å². The van der Waals surface area contributed by atoms with E-state index in [4.69, 9.17) is 51.7 Å². The fourth-order valence-electron chi connectivity index (χ4n) is 8.61. The van der Waals surface area contributed by atoms with Gasteiger partial charge in [0, 0.05) is 88.0 Å². The summed E-state index contributed by atoms with van der Waals surface area (Å²) in [6, 6.07) is 4.70. The molecule has 2 aliphatic rings. The number of nitrogens with two attached hydrogens (primary N) is 4. The number of aliphatic carboxylic acids is 1. The number of aromatic nitrogens is 5. The average Bonchev–Trinajstić information content (AvgIpc) is 4.31. The molecule has 0 aliphatic carbocycles. The third kappa shape index (κ3) is 13.7. The minimum Gasteiger partial charge on any atom is -0.494 e. The van der Waals surface area contributed by atoms with Crippen molar-refractivity contribution in [3.63, 3.8) is 0 Å². The number of methoxy groups -OCH3 is 1. The zero-order valence-electron chi connectivity index (χ0n) is 44.1. The Bertz CT molecular complexity index is 3300. The summed E-state index contributed by atoms with van der Waals surface area (Å²) in [7, 11) is 1.41. The number of anilines is 2. The normalized spacial score (nSPS) is 15.5. The minimum atomic E-state index is -1.21. The van der Waals surface area contributed by atoms with Crippen molar-refractivity contribution in [1.29, 1.82) is 0 Å². The van der Waals surface area contributed by atoms with Gasteiger partial charge in [0.05, 0.1) is 48.4 Å². The fraction of sp³-hybridized carbons (Fsp3) is 0.412. The van der Waals surface area contributed by atoms with E-state index < -0.39 is 52.7 Å². The standard InChI is InChI=1S/C51H62N14O13S/c1-6-32-43(78-27(4)57-32)47(71)61-51-59-34-19-29(45(55)69)21-37(77-16-10-15-76-30-23-62(24-30)39(66)11-14-63-40(67)22-38(48(63)72)79-25-31(53)49(73)74)42(34)65(51)13-9-8-12-64-41-33(18-28(44(54)68)20-36(41)75-5)58-50(64)60-46(70)35(56-7-2)17-26(3)52/h8-9,17-21,30-31,38H,6-7,10-16,22-25,52-53H2,1-5H3,(H2,54,68)(H2,55,69)(H,73,74)(H,58,60,70)(H,59,61,71)/b9-8+,26-17-,56-35?. The number of hydrogen-bond donors (Lipinski definition) is 7. The van der Waals surface area contributed by atoms with Gasteiger partial charge in [-0.15, -0.1) is 11.8 Å². The number of hydrogen-bond acceptors (Lipinski definition) is 19. The number of carbonyl (C=O) groups excluding carboxylic acids is 7. The number of carboxylic acid groups (broad SMARTS) is 1. The van der Waals surface area contributed by atoms with Crippen molar-refractivity contribution >= 4 is 98.8 Å². The second-order valence-electron chi connectivity index (χ2n) is 18.3. The zero-order valence-corrected chi connectivity index (χ0v) is 44.9. The second kappa shape index (κ2) is 25.7. The number of imidazole rings is 2. The van der Waals surface area contributed by atoms with Gasteiger partial charge in [-0.25, -0.2) is 15.0 Å². The molecule has 0 bridgehead atoms. The third-order valence-corrected chi connectivity index (χ3v) is 13.8. The van der Waals surface area contributed by atoms with Gasteiger partial charge < -0.3 is 60.7 Å². The number of ether oxygens (including phenoxy) is 3. The largest absolute Gasteiger partial charge is 0.494 e. The number of nitrogens with zero attached hydrogens (tertiary/aromatic N) is 8.